The number of esters is 1. The average Bonchev–Trinajstić information content (AvgIpc) is 3.55. The molecule has 184 valence electrons. The number of thioether (sulfide) groups is 1. The second kappa shape index (κ2) is 10.2. The number of fused-ring (bicyclic) bond motifs is 1. The van der Waals surface area contributed by atoms with Gasteiger partial charge in [-0.15, -0.1) is 11.3 Å². The van der Waals surface area contributed by atoms with E-state index in [4.69, 9.17) is 9.72 Å². The normalized spacial score (nSPS) is 11.3. The third-order valence-corrected chi connectivity index (χ3v) is 7.77. The number of carbonyl (C=O) groups excluding carboxylic acids is 1. The Kier molecular flexibility index (Phi) is 6.80. The molecule has 0 aliphatic carbocycles. The monoisotopic (exact) mass is 520 g/mol. The topological polar surface area (TPSA) is 103 Å². The molecule has 0 saturated carbocycles. The summed E-state index contributed by atoms with van der Waals surface area (Å²) in [6.45, 7) is 4.66. The Morgan fingerprint density at radius 3 is 2.67 bits per heavy atom. The molecule has 0 saturated heterocycles. The predicted octanol–water partition coefficient (Wildman–Crippen LogP) is 5.29. The van der Waals surface area contributed by atoms with E-state index in [2.05, 4.69) is 56.5 Å². The number of aromatic amines is 1. The van der Waals surface area contributed by atoms with Crippen molar-refractivity contribution in [3.8, 4) is 11.1 Å². The molecule has 0 aliphatic rings. The molecule has 2 aromatic carbocycles. The second-order valence-corrected chi connectivity index (χ2v) is 10.6. The molecule has 0 unspecified atom stereocenters. The molecule has 5 rings (SSSR count). The smallest absolute Gasteiger partial charge is 0.438 e. The maximum absolute atomic E-state index is 12.5. The van der Waals surface area contributed by atoms with Gasteiger partial charge in [0.25, 0.3) is 0 Å². The third kappa shape index (κ3) is 4.61. The number of aromatic nitrogens is 4. The van der Waals surface area contributed by atoms with E-state index < -0.39 is 5.76 Å². The zero-order valence-electron chi connectivity index (χ0n) is 20.0. The zero-order valence-corrected chi connectivity index (χ0v) is 21.7. The Hall–Kier alpha value is -3.63. The molecule has 0 radical (unpaired) electrons. The number of imidazole rings is 1. The lowest BCUT2D eigenvalue weighted by Gasteiger charge is -2.12. The Morgan fingerprint density at radius 1 is 1.19 bits per heavy atom. The van der Waals surface area contributed by atoms with Gasteiger partial charge in [-0.05, 0) is 34.9 Å². The molecule has 1 N–H and O–H groups in total. The molecule has 0 fully saturated rings. The van der Waals surface area contributed by atoms with Crippen molar-refractivity contribution in [1.82, 2.24) is 19.7 Å². The minimum absolute atomic E-state index is 0.340. The molecule has 0 aliphatic heterocycles. The van der Waals surface area contributed by atoms with E-state index in [9.17, 15) is 9.59 Å². The van der Waals surface area contributed by atoms with Crippen molar-refractivity contribution in [3.05, 3.63) is 85.8 Å². The fourth-order valence-electron chi connectivity index (χ4n) is 4.22. The summed E-state index contributed by atoms with van der Waals surface area (Å²) in [6, 6.07) is 16.4. The quantitative estimate of drug-likeness (QED) is 0.219. The fraction of sp³-hybridized carbons (Fsp3) is 0.231. The van der Waals surface area contributed by atoms with E-state index in [0.717, 1.165) is 49.1 Å². The van der Waals surface area contributed by atoms with Gasteiger partial charge in [0.2, 0.25) is 0 Å². The van der Waals surface area contributed by atoms with Crippen LogP contribution in [0.1, 0.15) is 38.4 Å². The SMILES string of the molecule is CCSc1nc2c(C)sc(C(=O)OC)c2n1Cc1ccc(-c2ccccc2Cc2noc(=O)[nH]2)cc1. The van der Waals surface area contributed by atoms with E-state index in [-0.39, 0.29) is 5.97 Å². The van der Waals surface area contributed by atoms with Crippen LogP contribution in [0.3, 0.4) is 0 Å². The van der Waals surface area contributed by atoms with Gasteiger partial charge in [0.05, 0.1) is 19.2 Å². The Morgan fingerprint density at radius 2 is 1.97 bits per heavy atom. The van der Waals surface area contributed by atoms with Crippen molar-refractivity contribution in [3.63, 3.8) is 0 Å². The summed E-state index contributed by atoms with van der Waals surface area (Å²) in [4.78, 5) is 32.8. The Balaban J connectivity index is 1.48. The molecule has 5 aromatic rings. The first-order valence-electron chi connectivity index (χ1n) is 11.4. The molecule has 8 nitrogen and oxygen atoms in total. The number of rotatable bonds is 8. The third-order valence-electron chi connectivity index (χ3n) is 5.85. The minimum Gasteiger partial charge on any atom is -0.465 e. The highest BCUT2D eigenvalue weighted by atomic mass is 32.2. The van der Waals surface area contributed by atoms with Gasteiger partial charge in [-0.25, -0.2) is 14.6 Å². The average molecular weight is 521 g/mol. The molecule has 0 bridgehead atoms. The van der Waals surface area contributed by atoms with Crippen LogP contribution in [-0.4, -0.2) is 38.5 Å². The number of methoxy groups -OCH3 is 1. The summed E-state index contributed by atoms with van der Waals surface area (Å²) in [5.41, 5.74) is 5.92. The predicted molar refractivity (Wildman–Crippen MR) is 141 cm³/mol. The van der Waals surface area contributed by atoms with E-state index >= 15 is 0 Å². The van der Waals surface area contributed by atoms with Crippen LogP contribution in [0.25, 0.3) is 22.2 Å². The maximum Gasteiger partial charge on any atom is 0.438 e. The van der Waals surface area contributed by atoms with Crippen molar-refractivity contribution in [1.29, 1.82) is 0 Å². The summed E-state index contributed by atoms with van der Waals surface area (Å²) >= 11 is 3.08. The van der Waals surface area contributed by atoms with Crippen LogP contribution < -0.4 is 5.76 Å². The lowest BCUT2D eigenvalue weighted by Crippen LogP contribution is -2.06. The minimum atomic E-state index is -0.558. The van der Waals surface area contributed by atoms with Crippen LogP contribution in [0.5, 0.6) is 0 Å². The summed E-state index contributed by atoms with van der Waals surface area (Å²) < 4.78 is 11.8. The Labute approximate surface area is 215 Å². The van der Waals surface area contributed by atoms with Crippen molar-refractivity contribution >= 4 is 40.1 Å². The number of H-pyrrole nitrogens is 1. The van der Waals surface area contributed by atoms with Crippen LogP contribution in [-0.2, 0) is 17.7 Å². The van der Waals surface area contributed by atoms with Crippen LogP contribution in [0.4, 0.5) is 0 Å². The summed E-state index contributed by atoms with van der Waals surface area (Å²) in [5.74, 6) is 0.467. The lowest BCUT2D eigenvalue weighted by molar-refractivity contribution is 0.0608. The largest absolute Gasteiger partial charge is 0.465 e. The number of carbonyl (C=O) groups is 1. The highest BCUT2D eigenvalue weighted by Crippen LogP contribution is 2.35. The van der Waals surface area contributed by atoms with Gasteiger partial charge >= 0.3 is 11.7 Å². The molecule has 0 amide bonds. The number of benzene rings is 2. The van der Waals surface area contributed by atoms with E-state index in [1.165, 1.54) is 18.4 Å². The summed E-state index contributed by atoms with van der Waals surface area (Å²) in [5, 5.41) is 4.68. The van der Waals surface area contributed by atoms with Gasteiger partial charge in [0.15, 0.2) is 11.0 Å². The Bertz CT molecular complexity index is 1590. The molecule has 3 aromatic heterocycles. The molecular formula is C26H24N4O4S2. The molecule has 36 heavy (non-hydrogen) atoms. The van der Waals surface area contributed by atoms with Crippen LogP contribution in [0, 0.1) is 6.92 Å². The summed E-state index contributed by atoms with van der Waals surface area (Å²) in [7, 11) is 1.41. The van der Waals surface area contributed by atoms with Crippen molar-refractivity contribution in [2.75, 3.05) is 12.9 Å². The molecule has 10 heteroatoms. The van der Waals surface area contributed by atoms with Gasteiger partial charge in [-0.1, -0.05) is 72.4 Å². The van der Waals surface area contributed by atoms with Gasteiger partial charge in [-0.2, -0.15) is 0 Å². The van der Waals surface area contributed by atoms with Gasteiger partial charge in [0.1, 0.15) is 10.4 Å². The maximum atomic E-state index is 12.5. The number of nitrogens with one attached hydrogen (secondary N) is 1. The van der Waals surface area contributed by atoms with Crippen molar-refractivity contribution < 1.29 is 14.1 Å². The van der Waals surface area contributed by atoms with E-state index in [1.54, 1.807) is 11.8 Å². The van der Waals surface area contributed by atoms with E-state index in [1.807, 2.05) is 25.1 Å². The number of aryl methyl sites for hydroxylation is 1. The first-order valence-corrected chi connectivity index (χ1v) is 13.2. The number of ether oxygens (including phenoxy) is 1. The van der Waals surface area contributed by atoms with Gasteiger partial charge in [0, 0.05) is 11.3 Å². The lowest BCUT2D eigenvalue weighted by atomic mass is 9.96. The first kappa shape index (κ1) is 24.1. The number of hydrogen-bond acceptors (Lipinski definition) is 8. The van der Waals surface area contributed by atoms with Gasteiger partial charge in [-0.3, -0.25) is 9.51 Å². The standard InChI is InChI=1S/C26H24N4O4S2/c1-4-35-25-28-21-15(2)36-23(24(31)33-3)22(21)30(25)14-16-9-11-17(12-10-16)19-8-6-5-7-18(19)13-20-27-26(32)34-29-20/h5-12H,4,13-14H2,1-3H3,(H,27,29,32). The zero-order chi connectivity index (χ0) is 25.2. The first-order chi connectivity index (χ1) is 17.5. The molecule has 3 heterocycles. The highest BCUT2D eigenvalue weighted by molar-refractivity contribution is 7.99. The summed E-state index contributed by atoms with van der Waals surface area (Å²) in [6.07, 6.45) is 0.460. The van der Waals surface area contributed by atoms with Crippen molar-refractivity contribution in [2.24, 2.45) is 0 Å². The molecule has 0 spiro atoms. The van der Waals surface area contributed by atoms with E-state index in [0.29, 0.717) is 23.7 Å². The highest BCUT2D eigenvalue weighted by Gasteiger charge is 2.24. The van der Waals surface area contributed by atoms with Crippen molar-refractivity contribution in [2.45, 2.75) is 32.0 Å². The second-order valence-electron chi connectivity index (χ2n) is 8.16. The number of hydrogen-bond donors (Lipinski definition) is 1. The van der Waals surface area contributed by atoms with Crippen LogP contribution >= 0.6 is 23.1 Å². The molecular weight excluding hydrogens is 496 g/mol. The van der Waals surface area contributed by atoms with Crippen LogP contribution in [0.15, 0.2) is 63.0 Å². The van der Waals surface area contributed by atoms with Crippen LogP contribution in [0.2, 0.25) is 0 Å². The van der Waals surface area contributed by atoms with Gasteiger partial charge < -0.3 is 9.30 Å². The molecule has 0 atom stereocenters. The fourth-order valence-corrected chi connectivity index (χ4v) is 5.96. The number of nitrogens with zero attached hydrogens (tertiary/aromatic N) is 3. The number of thiophene rings is 1.